The fourth-order valence-corrected chi connectivity index (χ4v) is 4.14. The average Bonchev–Trinajstić information content (AvgIpc) is 2.97. The molecule has 0 fully saturated rings. The maximum atomic E-state index is 5.90. The van der Waals surface area contributed by atoms with Crippen LogP contribution in [-0.4, -0.2) is 12.4 Å². The summed E-state index contributed by atoms with van der Waals surface area (Å²) in [6.07, 6.45) is 9.88. The lowest BCUT2D eigenvalue weighted by molar-refractivity contribution is 0.640. The van der Waals surface area contributed by atoms with Crippen LogP contribution in [0, 0.1) is 0 Å². The first-order valence-electron chi connectivity index (χ1n) is 14.1. The van der Waals surface area contributed by atoms with Crippen molar-refractivity contribution < 1.29 is 0 Å². The average molecular weight is 548 g/mol. The van der Waals surface area contributed by atoms with E-state index in [-0.39, 0.29) is 0 Å². The molecule has 0 radical (unpaired) electrons. The molecule has 0 spiro atoms. The van der Waals surface area contributed by atoms with E-state index in [0.29, 0.717) is 12.4 Å². The van der Waals surface area contributed by atoms with Crippen molar-refractivity contribution >= 4 is 11.4 Å². The first-order valence-corrected chi connectivity index (χ1v) is 14.1. The van der Waals surface area contributed by atoms with E-state index >= 15 is 0 Å². The molecule has 216 valence electrons. The molecule has 0 saturated heterocycles. The van der Waals surface area contributed by atoms with Gasteiger partial charge in [-0.25, -0.2) is 0 Å². The predicted molar refractivity (Wildman–Crippen MR) is 183 cm³/mol. The molecule has 3 aromatic carbocycles. The van der Waals surface area contributed by atoms with Gasteiger partial charge in [-0.2, -0.15) is 0 Å². The van der Waals surface area contributed by atoms with Crippen LogP contribution >= 0.6 is 0 Å². The van der Waals surface area contributed by atoms with Gasteiger partial charge in [0.1, 0.15) is 5.54 Å². The van der Waals surface area contributed by atoms with Gasteiger partial charge in [-0.3, -0.25) is 4.99 Å². The molecule has 0 aliphatic heterocycles. The van der Waals surface area contributed by atoms with Crippen LogP contribution in [0.3, 0.4) is 0 Å². The number of amidine groups is 1. The van der Waals surface area contributed by atoms with Crippen molar-refractivity contribution in [3.63, 3.8) is 0 Å². The molecule has 4 N–H and O–H groups in total. The number of hydrogen-bond donors (Lipinski definition) is 2. The number of aryl methyl sites for hydroxylation is 1. The molecule has 0 saturated carbocycles. The SMILES string of the molecule is C=C(/C=C\C=C/C)CCN.C=C(C)C(N=C(C)N)(c1ccccc1)c1ccccc1.C=C(C)c1cccc(CC)c1. The monoisotopic (exact) mass is 547 g/mol. The summed E-state index contributed by atoms with van der Waals surface area (Å²) in [6.45, 7) is 22.6. The van der Waals surface area contributed by atoms with Crippen LogP contribution in [0.5, 0.6) is 0 Å². The van der Waals surface area contributed by atoms with Crippen molar-refractivity contribution in [3.8, 4) is 0 Å². The van der Waals surface area contributed by atoms with E-state index in [1.54, 1.807) is 0 Å². The van der Waals surface area contributed by atoms with E-state index in [0.717, 1.165) is 40.7 Å². The van der Waals surface area contributed by atoms with Crippen LogP contribution in [0.1, 0.15) is 63.3 Å². The Labute approximate surface area is 249 Å². The largest absolute Gasteiger partial charge is 0.388 e. The fourth-order valence-electron chi connectivity index (χ4n) is 4.14. The minimum absolute atomic E-state index is 0.542. The summed E-state index contributed by atoms with van der Waals surface area (Å²) in [5.74, 6) is 0.542. The molecule has 0 amide bonds. The lowest BCUT2D eigenvalue weighted by Crippen LogP contribution is -2.29. The molecule has 0 heterocycles. The van der Waals surface area contributed by atoms with Gasteiger partial charge in [-0.1, -0.05) is 147 Å². The molecule has 0 aromatic heterocycles. The number of nitrogens with zero attached hydrogens (tertiary/aromatic N) is 1. The maximum Gasteiger partial charge on any atom is 0.133 e. The highest BCUT2D eigenvalue weighted by molar-refractivity contribution is 5.79. The Hall–Kier alpha value is -4.21. The van der Waals surface area contributed by atoms with Gasteiger partial charge in [-0.05, 0) is 74.9 Å². The first-order chi connectivity index (χ1) is 19.6. The second-order valence-electron chi connectivity index (χ2n) is 9.89. The Morgan fingerprint density at radius 3 is 1.80 bits per heavy atom. The highest BCUT2D eigenvalue weighted by Gasteiger charge is 2.34. The van der Waals surface area contributed by atoms with Crippen molar-refractivity contribution in [2.24, 2.45) is 16.5 Å². The lowest BCUT2D eigenvalue weighted by atomic mass is 9.78. The molecule has 0 aliphatic rings. The molecule has 0 atom stereocenters. The van der Waals surface area contributed by atoms with Crippen molar-refractivity contribution in [3.05, 3.63) is 162 Å². The van der Waals surface area contributed by atoms with Crippen molar-refractivity contribution in [2.75, 3.05) is 6.54 Å². The topological polar surface area (TPSA) is 64.4 Å². The smallest absolute Gasteiger partial charge is 0.133 e. The number of hydrogen-bond acceptors (Lipinski definition) is 2. The van der Waals surface area contributed by atoms with Gasteiger partial charge in [0, 0.05) is 0 Å². The summed E-state index contributed by atoms with van der Waals surface area (Å²) in [6, 6.07) is 28.8. The lowest BCUT2D eigenvalue weighted by Gasteiger charge is -2.32. The third-order valence-corrected chi connectivity index (χ3v) is 6.27. The fraction of sp³-hybridized carbons (Fsp3) is 0.237. The Morgan fingerprint density at radius 1 is 0.829 bits per heavy atom. The van der Waals surface area contributed by atoms with Crippen molar-refractivity contribution in [1.29, 1.82) is 0 Å². The van der Waals surface area contributed by atoms with Gasteiger partial charge in [0.2, 0.25) is 0 Å². The normalized spacial score (nSPS) is 11.3. The number of allylic oxidation sites excluding steroid dienone is 5. The minimum Gasteiger partial charge on any atom is -0.388 e. The van der Waals surface area contributed by atoms with Gasteiger partial charge in [0.15, 0.2) is 0 Å². The zero-order valence-electron chi connectivity index (χ0n) is 25.7. The summed E-state index contributed by atoms with van der Waals surface area (Å²) >= 11 is 0. The number of aliphatic imine (C=N–C) groups is 1. The second kappa shape index (κ2) is 19.0. The first kappa shape index (κ1) is 34.8. The summed E-state index contributed by atoms with van der Waals surface area (Å²) in [5.41, 5.74) is 18.5. The van der Waals surface area contributed by atoms with Crippen LogP contribution in [0.15, 0.2) is 145 Å². The number of benzene rings is 3. The summed E-state index contributed by atoms with van der Waals surface area (Å²) in [7, 11) is 0. The molecule has 3 aromatic rings. The highest BCUT2D eigenvalue weighted by atomic mass is 14.9. The molecular formula is C38H49N3. The van der Waals surface area contributed by atoms with E-state index in [2.05, 4.69) is 75.2 Å². The van der Waals surface area contributed by atoms with E-state index < -0.39 is 5.54 Å². The molecular weight excluding hydrogens is 498 g/mol. The van der Waals surface area contributed by atoms with Crippen LogP contribution in [-0.2, 0) is 12.0 Å². The van der Waals surface area contributed by atoms with Gasteiger partial charge in [-0.15, -0.1) is 0 Å². The summed E-state index contributed by atoms with van der Waals surface area (Å²) in [5, 5.41) is 0. The van der Waals surface area contributed by atoms with Crippen LogP contribution < -0.4 is 11.5 Å². The van der Waals surface area contributed by atoms with Crippen LogP contribution in [0.4, 0.5) is 0 Å². The van der Waals surface area contributed by atoms with E-state index in [1.165, 1.54) is 11.1 Å². The second-order valence-corrected chi connectivity index (χ2v) is 9.89. The van der Waals surface area contributed by atoms with Crippen molar-refractivity contribution in [2.45, 2.75) is 53.0 Å². The molecule has 3 heteroatoms. The zero-order valence-corrected chi connectivity index (χ0v) is 25.7. The third kappa shape index (κ3) is 11.8. The molecule has 3 rings (SSSR count). The van der Waals surface area contributed by atoms with E-state index in [1.807, 2.05) is 88.4 Å². The Balaban J connectivity index is 0.000000340. The molecule has 0 aliphatic carbocycles. The van der Waals surface area contributed by atoms with Gasteiger partial charge in [0.25, 0.3) is 0 Å². The van der Waals surface area contributed by atoms with Gasteiger partial charge >= 0.3 is 0 Å². The van der Waals surface area contributed by atoms with Gasteiger partial charge in [0.05, 0.1) is 5.84 Å². The standard InChI is InChI=1S/C18H20N2.C11H14.C9H15N/c1-14(2)18(20-15(3)19,16-10-6-4-7-11-16)17-12-8-5-9-13-17;1-4-10-6-5-7-11(8-10)9(2)3;1-3-4-5-6-9(2)7-8-10/h4-13H,1H2,2-3H3,(H2,19,20);5-8H,2,4H2,1,3H3;3-6H,2,7-8,10H2,1H3/b;;4-3-,6-5-. The van der Waals surface area contributed by atoms with E-state index in [9.17, 15) is 0 Å². The molecule has 41 heavy (non-hydrogen) atoms. The molecule has 0 unspecified atom stereocenters. The van der Waals surface area contributed by atoms with Gasteiger partial charge < -0.3 is 11.5 Å². The Kier molecular flexibility index (Phi) is 16.1. The van der Waals surface area contributed by atoms with Crippen LogP contribution in [0.2, 0.25) is 0 Å². The molecule has 3 nitrogen and oxygen atoms in total. The highest BCUT2D eigenvalue weighted by Crippen LogP contribution is 2.39. The van der Waals surface area contributed by atoms with E-state index in [4.69, 9.17) is 16.5 Å². The predicted octanol–water partition coefficient (Wildman–Crippen LogP) is 9.19. The number of nitrogens with two attached hydrogens (primary N) is 2. The Morgan fingerprint density at radius 2 is 1.39 bits per heavy atom. The quantitative estimate of drug-likeness (QED) is 0.115. The summed E-state index contributed by atoms with van der Waals surface area (Å²) < 4.78 is 0. The van der Waals surface area contributed by atoms with Crippen LogP contribution in [0.25, 0.3) is 5.57 Å². The third-order valence-electron chi connectivity index (χ3n) is 6.27. The maximum absolute atomic E-state index is 5.90. The summed E-state index contributed by atoms with van der Waals surface area (Å²) in [4.78, 5) is 4.74. The zero-order chi connectivity index (χ0) is 30.7. The number of rotatable bonds is 10. The molecule has 0 bridgehead atoms. The Bertz CT molecular complexity index is 1270. The van der Waals surface area contributed by atoms with Crippen molar-refractivity contribution in [1.82, 2.24) is 0 Å². The minimum atomic E-state index is -0.624.